The maximum atomic E-state index is 8.56. The highest BCUT2D eigenvalue weighted by Gasteiger charge is 2.40. The largest absolute Gasteiger partial charge is 0.377 e. The molecule has 9 heavy (non-hydrogen) atoms. The number of rotatable bonds is 0. The lowest BCUT2D eigenvalue weighted by Crippen LogP contribution is -2.17. The summed E-state index contributed by atoms with van der Waals surface area (Å²) in [6, 6.07) is 2.27. The fourth-order valence-electron chi connectivity index (χ4n) is 1.82. The maximum absolute atomic E-state index is 8.56. The molecule has 2 fully saturated rings. The van der Waals surface area contributed by atoms with Crippen LogP contribution in [-0.4, -0.2) is 12.7 Å². The van der Waals surface area contributed by atoms with Gasteiger partial charge in [0.1, 0.15) is 0 Å². The fourth-order valence-corrected chi connectivity index (χ4v) is 1.82. The number of hydrogen-bond donors (Lipinski definition) is 0. The quantitative estimate of drug-likeness (QED) is 0.480. The van der Waals surface area contributed by atoms with Crippen LogP contribution in [0.5, 0.6) is 0 Å². The molecule has 0 N–H and O–H groups in total. The standard InChI is InChI=1S/C7H9NO/c8-3-6-1-5-2-7(6)9-4-5/h5-7H,1-2,4H2. The first-order valence-corrected chi connectivity index (χ1v) is 3.41. The van der Waals surface area contributed by atoms with Crippen molar-refractivity contribution < 1.29 is 4.74 Å². The summed E-state index contributed by atoms with van der Waals surface area (Å²) >= 11 is 0. The fraction of sp³-hybridized carbons (Fsp3) is 0.857. The van der Waals surface area contributed by atoms with Gasteiger partial charge in [0.05, 0.1) is 18.1 Å². The minimum Gasteiger partial charge on any atom is -0.377 e. The van der Waals surface area contributed by atoms with Crippen LogP contribution in [0.2, 0.25) is 0 Å². The van der Waals surface area contributed by atoms with E-state index in [4.69, 9.17) is 10.00 Å². The molecule has 3 unspecified atom stereocenters. The molecule has 1 saturated carbocycles. The van der Waals surface area contributed by atoms with Crippen LogP contribution in [0.1, 0.15) is 12.8 Å². The lowest BCUT2D eigenvalue weighted by atomic mass is 10.0. The molecule has 0 aromatic heterocycles. The molecule has 1 heterocycles. The Bertz CT molecular complexity index is 161. The summed E-state index contributed by atoms with van der Waals surface area (Å²) in [6.07, 6.45) is 2.51. The van der Waals surface area contributed by atoms with Crippen LogP contribution in [0.3, 0.4) is 0 Å². The lowest BCUT2D eigenvalue weighted by molar-refractivity contribution is 0.0531. The molecule has 2 rings (SSSR count). The van der Waals surface area contributed by atoms with Gasteiger partial charge in [-0.2, -0.15) is 5.26 Å². The van der Waals surface area contributed by atoms with Crippen LogP contribution < -0.4 is 0 Å². The Morgan fingerprint density at radius 2 is 2.33 bits per heavy atom. The molecule has 0 radical (unpaired) electrons. The zero-order valence-electron chi connectivity index (χ0n) is 5.21. The van der Waals surface area contributed by atoms with E-state index in [2.05, 4.69) is 6.07 Å². The van der Waals surface area contributed by atoms with Gasteiger partial charge in [-0.3, -0.25) is 0 Å². The molecule has 0 aromatic carbocycles. The van der Waals surface area contributed by atoms with Crippen LogP contribution in [0.15, 0.2) is 0 Å². The Morgan fingerprint density at radius 1 is 1.44 bits per heavy atom. The van der Waals surface area contributed by atoms with Crippen LogP contribution in [0.25, 0.3) is 0 Å². The van der Waals surface area contributed by atoms with Crippen LogP contribution >= 0.6 is 0 Å². The first-order chi connectivity index (χ1) is 4.40. The molecule has 1 aliphatic carbocycles. The molecule has 0 amide bonds. The molecule has 0 spiro atoms. The van der Waals surface area contributed by atoms with Gasteiger partial charge in [0.2, 0.25) is 0 Å². The van der Waals surface area contributed by atoms with E-state index < -0.39 is 0 Å². The minimum atomic E-state index is 0.212. The summed E-state index contributed by atoms with van der Waals surface area (Å²) in [5.74, 6) is 0.920. The van der Waals surface area contributed by atoms with Gasteiger partial charge in [0.25, 0.3) is 0 Å². The third-order valence-electron chi connectivity index (χ3n) is 2.31. The van der Waals surface area contributed by atoms with Gasteiger partial charge in [-0.15, -0.1) is 0 Å². The van der Waals surface area contributed by atoms with Gasteiger partial charge in [0.15, 0.2) is 0 Å². The Morgan fingerprint density at radius 3 is 2.67 bits per heavy atom. The molecular weight excluding hydrogens is 114 g/mol. The van der Waals surface area contributed by atoms with E-state index in [1.807, 2.05) is 0 Å². The van der Waals surface area contributed by atoms with E-state index in [9.17, 15) is 0 Å². The molecule has 2 heteroatoms. The Kier molecular flexibility index (Phi) is 1.000. The molecular formula is C7H9NO. The van der Waals surface area contributed by atoms with Crippen LogP contribution in [-0.2, 0) is 4.74 Å². The van der Waals surface area contributed by atoms with E-state index in [-0.39, 0.29) is 5.92 Å². The van der Waals surface area contributed by atoms with Crippen LogP contribution in [0, 0.1) is 23.2 Å². The van der Waals surface area contributed by atoms with Gasteiger partial charge >= 0.3 is 0 Å². The summed E-state index contributed by atoms with van der Waals surface area (Å²) in [5, 5.41) is 8.56. The normalized spacial score (nSPS) is 47.2. The summed E-state index contributed by atoms with van der Waals surface area (Å²) in [4.78, 5) is 0. The Labute approximate surface area is 54.4 Å². The first kappa shape index (κ1) is 5.25. The second-order valence-corrected chi connectivity index (χ2v) is 2.94. The van der Waals surface area contributed by atoms with Gasteiger partial charge in [0, 0.05) is 6.61 Å². The summed E-state index contributed by atoms with van der Waals surface area (Å²) < 4.78 is 5.33. The third kappa shape index (κ3) is 0.650. The van der Waals surface area contributed by atoms with E-state index >= 15 is 0 Å². The van der Waals surface area contributed by atoms with Crippen molar-refractivity contribution in [2.24, 2.45) is 11.8 Å². The molecule has 2 aliphatic rings. The number of ether oxygens (including phenoxy) is 1. The summed E-state index contributed by atoms with van der Waals surface area (Å²) in [5.41, 5.74) is 0. The average Bonchev–Trinajstić information content (AvgIpc) is 2.45. The van der Waals surface area contributed by atoms with Gasteiger partial charge in [-0.1, -0.05) is 0 Å². The molecule has 2 bridgehead atoms. The zero-order valence-corrected chi connectivity index (χ0v) is 5.21. The van der Waals surface area contributed by atoms with E-state index in [1.165, 1.54) is 0 Å². The molecule has 1 saturated heterocycles. The van der Waals surface area contributed by atoms with Crippen molar-refractivity contribution in [1.29, 1.82) is 5.26 Å². The molecule has 1 aliphatic heterocycles. The molecule has 2 nitrogen and oxygen atoms in total. The topological polar surface area (TPSA) is 33.0 Å². The highest BCUT2D eigenvalue weighted by Crippen LogP contribution is 2.39. The van der Waals surface area contributed by atoms with Crippen molar-refractivity contribution in [3.8, 4) is 6.07 Å². The van der Waals surface area contributed by atoms with Crippen LogP contribution in [0.4, 0.5) is 0 Å². The number of nitrogens with zero attached hydrogens (tertiary/aromatic N) is 1. The highest BCUT2D eigenvalue weighted by molar-refractivity contribution is 4.99. The van der Waals surface area contributed by atoms with Crippen molar-refractivity contribution in [3.05, 3.63) is 0 Å². The highest BCUT2D eigenvalue weighted by atomic mass is 16.5. The third-order valence-corrected chi connectivity index (χ3v) is 2.31. The zero-order chi connectivity index (χ0) is 6.27. The average molecular weight is 123 g/mol. The van der Waals surface area contributed by atoms with Crippen molar-refractivity contribution in [2.45, 2.75) is 18.9 Å². The van der Waals surface area contributed by atoms with E-state index in [1.54, 1.807) is 0 Å². The molecule has 48 valence electrons. The van der Waals surface area contributed by atoms with E-state index in [0.717, 1.165) is 19.4 Å². The summed E-state index contributed by atoms with van der Waals surface area (Å²) in [6.45, 7) is 0.906. The predicted molar refractivity (Wildman–Crippen MR) is 31.6 cm³/mol. The molecule has 3 atom stereocenters. The summed E-state index contributed by atoms with van der Waals surface area (Å²) in [7, 11) is 0. The van der Waals surface area contributed by atoms with Gasteiger partial charge < -0.3 is 4.74 Å². The Balaban J connectivity index is 2.12. The van der Waals surface area contributed by atoms with Crippen molar-refractivity contribution >= 4 is 0 Å². The number of nitriles is 1. The van der Waals surface area contributed by atoms with Crippen molar-refractivity contribution in [1.82, 2.24) is 0 Å². The minimum absolute atomic E-state index is 0.212. The predicted octanol–water partition coefficient (Wildman–Crippen LogP) is 0.935. The first-order valence-electron chi connectivity index (χ1n) is 3.41. The Hall–Kier alpha value is -0.550. The SMILES string of the molecule is N#CC1CC2COC1C2. The number of fused-ring (bicyclic) bond motifs is 2. The van der Waals surface area contributed by atoms with Gasteiger partial charge in [-0.25, -0.2) is 0 Å². The number of hydrogen-bond acceptors (Lipinski definition) is 2. The van der Waals surface area contributed by atoms with Crippen molar-refractivity contribution in [3.63, 3.8) is 0 Å². The van der Waals surface area contributed by atoms with Gasteiger partial charge in [-0.05, 0) is 18.8 Å². The lowest BCUT2D eigenvalue weighted by Gasteiger charge is -2.14. The molecule has 0 aromatic rings. The monoisotopic (exact) mass is 123 g/mol. The van der Waals surface area contributed by atoms with E-state index in [0.29, 0.717) is 12.0 Å². The second-order valence-electron chi connectivity index (χ2n) is 2.94. The maximum Gasteiger partial charge on any atom is 0.0736 e. The second kappa shape index (κ2) is 1.71. The van der Waals surface area contributed by atoms with Crippen molar-refractivity contribution in [2.75, 3.05) is 6.61 Å². The smallest absolute Gasteiger partial charge is 0.0736 e.